The van der Waals surface area contributed by atoms with E-state index in [1.807, 2.05) is 30.3 Å². The maximum atomic E-state index is 13.4. The summed E-state index contributed by atoms with van der Waals surface area (Å²) in [5, 5.41) is 7.31. The predicted octanol–water partition coefficient (Wildman–Crippen LogP) is 5.52. The maximum absolute atomic E-state index is 13.4. The smallest absolute Gasteiger partial charge is 0.262 e. The third kappa shape index (κ3) is 8.43. The number of nitrogens with zero attached hydrogens (tertiary/aromatic N) is 2. The highest BCUT2D eigenvalue weighted by Crippen LogP contribution is 2.26. The number of hydrogen-bond donors (Lipinski definition) is 2. The number of thiophene rings is 1. The van der Waals surface area contributed by atoms with Crippen LogP contribution in [0.15, 0.2) is 48.5 Å². The number of benzene rings is 2. The van der Waals surface area contributed by atoms with Crippen LogP contribution in [0.4, 0.5) is 0 Å². The Kier molecular flexibility index (Phi) is 10.6. The van der Waals surface area contributed by atoms with Crippen molar-refractivity contribution in [2.75, 3.05) is 39.3 Å². The van der Waals surface area contributed by atoms with E-state index in [-0.39, 0.29) is 23.8 Å². The van der Waals surface area contributed by atoms with Crippen molar-refractivity contribution in [3.05, 3.63) is 62.5 Å². The summed E-state index contributed by atoms with van der Waals surface area (Å²) in [6, 6.07) is 15.8. The molecule has 2 aromatic carbocycles. The quantitative estimate of drug-likeness (QED) is 0.246. The van der Waals surface area contributed by atoms with Crippen LogP contribution < -0.4 is 15.4 Å². The number of likely N-dealkylation sites (tertiary alicyclic amines) is 2. The zero-order valence-electron chi connectivity index (χ0n) is 24.0. The Morgan fingerprint density at radius 3 is 2.66 bits per heavy atom. The Hall–Kier alpha value is -2.21. The van der Waals surface area contributed by atoms with Gasteiger partial charge in [-0.25, -0.2) is 0 Å². The van der Waals surface area contributed by atoms with Crippen LogP contribution in [-0.4, -0.2) is 73.0 Å². The predicted molar refractivity (Wildman–Crippen MR) is 175 cm³/mol. The zero-order chi connectivity index (χ0) is 28.8. The summed E-state index contributed by atoms with van der Waals surface area (Å²) in [6.07, 6.45) is 4.09. The molecule has 2 atom stereocenters. The number of carbonyl (C=O) groups is 2. The van der Waals surface area contributed by atoms with Gasteiger partial charge >= 0.3 is 0 Å². The van der Waals surface area contributed by atoms with Gasteiger partial charge in [0.2, 0.25) is 5.91 Å². The fraction of sp³-hybridized carbons (Fsp3) is 0.500. The van der Waals surface area contributed by atoms with Gasteiger partial charge in [-0.3, -0.25) is 19.4 Å². The summed E-state index contributed by atoms with van der Waals surface area (Å²) in [5.74, 6) is 0.957. The lowest BCUT2D eigenvalue weighted by molar-refractivity contribution is -0.124. The monoisotopic (exact) mass is 688 g/mol. The molecule has 7 nitrogen and oxygen atoms in total. The molecule has 1 aromatic heterocycles. The van der Waals surface area contributed by atoms with Crippen LogP contribution in [0.2, 0.25) is 0 Å². The minimum Gasteiger partial charge on any atom is -0.491 e. The maximum Gasteiger partial charge on any atom is 0.262 e. The summed E-state index contributed by atoms with van der Waals surface area (Å²) in [4.78, 5) is 31.9. The lowest BCUT2D eigenvalue weighted by Gasteiger charge is -2.23. The highest BCUT2D eigenvalue weighted by molar-refractivity contribution is 14.1. The van der Waals surface area contributed by atoms with Crippen molar-refractivity contribution in [3.63, 3.8) is 0 Å². The molecule has 2 aliphatic heterocycles. The zero-order valence-corrected chi connectivity index (χ0v) is 27.0. The summed E-state index contributed by atoms with van der Waals surface area (Å²) < 4.78 is 8.36. The van der Waals surface area contributed by atoms with Crippen molar-refractivity contribution >= 4 is 55.8 Å². The first-order chi connectivity index (χ1) is 19.8. The van der Waals surface area contributed by atoms with Crippen molar-refractivity contribution in [3.8, 4) is 5.75 Å². The minimum absolute atomic E-state index is 0.0680. The molecule has 3 aromatic rings. The fourth-order valence-electron chi connectivity index (χ4n) is 5.73. The molecule has 2 N–H and O–H groups in total. The molecule has 2 saturated heterocycles. The van der Waals surface area contributed by atoms with Crippen LogP contribution in [-0.2, 0) is 11.3 Å². The Labute approximate surface area is 261 Å². The van der Waals surface area contributed by atoms with Crippen molar-refractivity contribution in [1.82, 2.24) is 20.4 Å². The Bertz CT molecular complexity index is 1310. The highest BCUT2D eigenvalue weighted by atomic mass is 127. The summed E-state index contributed by atoms with van der Waals surface area (Å²) in [7, 11) is 0. The van der Waals surface area contributed by atoms with E-state index >= 15 is 0 Å². The fourth-order valence-corrected chi connectivity index (χ4v) is 7.18. The second-order valence-corrected chi connectivity index (χ2v) is 13.9. The first kappa shape index (κ1) is 30.3. The first-order valence-corrected chi connectivity index (χ1v) is 16.7. The van der Waals surface area contributed by atoms with E-state index in [1.165, 1.54) is 42.8 Å². The van der Waals surface area contributed by atoms with Gasteiger partial charge in [0.25, 0.3) is 5.91 Å². The van der Waals surface area contributed by atoms with E-state index in [0.29, 0.717) is 17.9 Å². The standard InChI is InChI=1S/C32H41IN4O3S/c1-22(2)17-27(35-32(39)30-19-24-7-3-4-8-29(24)41-30)31(38)34-25-11-14-37(21-25)20-23-9-10-26(33)28(18-23)40-16-15-36-12-5-6-13-36/h3-4,7-10,18-19,22,25,27H,5-6,11-17,20-21H2,1-2H3,(H,34,38)(H,35,39)/t25-,27-/m0/s1. The van der Waals surface area contributed by atoms with Crippen molar-refractivity contribution in [1.29, 1.82) is 0 Å². The minimum atomic E-state index is -0.557. The Morgan fingerprint density at radius 2 is 1.88 bits per heavy atom. The summed E-state index contributed by atoms with van der Waals surface area (Å²) >= 11 is 3.81. The Balaban J connectivity index is 1.13. The molecule has 0 spiro atoms. The average molecular weight is 689 g/mol. The molecule has 0 saturated carbocycles. The molecule has 5 rings (SSSR count). The molecule has 2 fully saturated rings. The summed E-state index contributed by atoms with van der Waals surface area (Å²) in [5.41, 5.74) is 1.22. The van der Waals surface area contributed by atoms with Gasteiger partial charge in [0.05, 0.1) is 8.45 Å². The van der Waals surface area contributed by atoms with Gasteiger partial charge in [0.15, 0.2) is 0 Å². The first-order valence-electron chi connectivity index (χ1n) is 14.8. The molecule has 0 radical (unpaired) electrons. The number of ether oxygens (including phenoxy) is 1. The second kappa shape index (κ2) is 14.3. The van der Waals surface area contributed by atoms with E-state index < -0.39 is 6.04 Å². The van der Waals surface area contributed by atoms with Crippen LogP contribution in [0.3, 0.4) is 0 Å². The van der Waals surface area contributed by atoms with Gasteiger partial charge in [-0.1, -0.05) is 38.1 Å². The van der Waals surface area contributed by atoms with E-state index in [9.17, 15) is 9.59 Å². The molecule has 0 bridgehead atoms. The number of carbonyl (C=O) groups excluding carboxylic acids is 2. The molecule has 0 unspecified atom stereocenters. The third-order valence-electron chi connectivity index (χ3n) is 7.86. The van der Waals surface area contributed by atoms with Gasteiger partial charge in [0, 0.05) is 36.9 Å². The molecule has 2 amide bonds. The largest absolute Gasteiger partial charge is 0.491 e. The highest BCUT2D eigenvalue weighted by Gasteiger charge is 2.29. The molecule has 41 heavy (non-hydrogen) atoms. The van der Waals surface area contributed by atoms with E-state index in [0.717, 1.165) is 52.0 Å². The van der Waals surface area contributed by atoms with E-state index in [1.54, 1.807) is 0 Å². The van der Waals surface area contributed by atoms with Gasteiger partial charge in [-0.2, -0.15) is 0 Å². The van der Waals surface area contributed by atoms with Crippen LogP contribution >= 0.6 is 33.9 Å². The molecule has 3 heterocycles. The molecule has 2 aliphatic rings. The SMILES string of the molecule is CC(C)C[C@H](NC(=O)c1cc2ccccc2s1)C(=O)N[C@H]1CCN(Cc2ccc(I)c(OCCN3CCCC3)c2)C1. The molecule has 220 valence electrons. The number of rotatable bonds is 12. The number of halogens is 1. The van der Waals surface area contributed by atoms with Crippen molar-refractivity contribution in [2.45, 2.75) is 58.2 Å². The Morgan fingerprint density at radius 1 is 1.07 bits per heavy atom. The van der Waals surface area contributed by atoms with Gasteiger partial charge < -0.3 is 15.4 Å². The van der Waals surface area contributed by atoms with Crippen LogP contribution in [0.1, 0.15) is 54.8 Å². The molecular weight excluding hydrogens is 647 g/mol. The number of fused-ring (bicyclic) bond motifs is 1. The normalized spacial score (nSPS) is 18.7. The van der Waals surface area contributed by atoms with Crippen LogP contribution in [0, 0.1) is 9.49 Å². The number of amides is 2. The van der Waals surface area contributed by atoms with Crippen molar-refractivity contribution in [2.24, 2.45) is 5.92 Å². The van der Waals surface area contributed by atoms with Crippen molar-refractivity contribution < 1.29 is 14.3 Å². The van der Waals surface area contributed by atoms with Gasteiger partial charge in [-0.15, -0.1) is 11.3 Å². The topological polar surface area (TPSA) is 73.9 Å². The van der Waals surface area contributed by atoms with E-state index in [4.69, 9.17) is 4.74 Å². The lowest BCUT2D eigenvalue weighted by Crippen LogP contribution is -2.50. The molecule has 9 heteroatoms. The molecular formula is C32H41IN4O3S. The number of hydrogen-bond acceptors (Lipinski definition) is 6. The average Bonchev–Trinajstić information content (AvgIpc) is 3.71. The lowest BCUT2D eigenvalue weighted by atomic mass is 10.0. The van der Waals surface area contributed by atoms with Crippen LogP contribution in [0.25, 0.3) is 10.1 Å². The van der Waals surface area contributed by atoms with Gasteiger partial charge in [0.1, 0.15) is 18.4 Å². The third-order valence-corrected chi connectivity index (χ3v) is 9.87. The summed E-state index contributed by atoms with van der Waals surface area (Å²) in [6.45, 7) is 10.8. The van der Waals surface area contributed by atoms with Gasteiger partial charge in [-0.05, 0) is 102 Å². The van der Waals surface area contributed by atoms with E-state index in [2.05, 4.69) is 75.1 Å². The van der Waals surface area contributed by atoms with Crippen LogP contribution in [0.5, 0.6) is 5.75 Å². The second-order valence-electron chi connectivity index (χ2n) is 11.7. The molecule has 0 aliphatic carbocycles. The number of nitrogens with one attached hydrogen (secondary N) is 2.